The second kappa shape index (κ2) is 9.34. The van der Waals surface area contributed by atoms with E-state index in [1.807, 2.05) is 30.3 Å². The molecule has 0 aliphatic carbocycles. The van der Waals surface area contributed by atoms with Crippen LogP contribution in [0.25, 0.3) is 0 Å². The van der Waals surface area contributed by atoms with Gasteiger partial charge in [0.1, 0.15) is 0 Å². The van der Waals surface area contributed by atoms with E-state index in [0.29, 0.717) is 25.9 Å². The minimum atomic E-state index is -0.417. The fraction of sp³-hybridized carbons (Fsp3) is 0.533. The molecular weight excluding hydrogens is 256 g/mol. The first kappa shape index (κ1) is 16.5. The van der Waals surface area contributed by atoms with E-state index in [0.717, 1.165) is 5.56 Å². The maximum Gasteiger partial charge on any atom is 0.314 e. The van der Waals surface area contributed by atoms with Crippen molar-refractivity contribution in [2.45, 2.75) is 31.8 Å². The molecule has 0 spiro atoms. The Bertz CT molecular complexity index is 382. The number of urea groups is 1. The monoisotopic (exact) mass is 280 g/mol. The molecule has 4 N–H and O–H groups in total. The molecule has 5 nitrogen and oxygen atoms in total. The van der Waals surface area contributed by atoms with Gasteiger partial charge in [-0.3, -0.25) is 0 Å². The molecule has 0 aliphatic heterocycles. The molecule has 2 unspecified atom stereocenters. The molecule has 0 aliphatic rings. The molecule has 0 radical (unpaired) electrons. The summed E-state index contributed by atoms with van der Waals surface area (Å²) in [5.41, 5.74) is 1.10. The molecule has 1 aromatic carbocycles. The molecule has 1 rings (SSSR count). The van der Waals surface area contributed by atoms with Crippen molar-refractivity contribution in [3.05, 3.63) is 35.9 Å². The Balaban J connectivity index is 2.47. The van der Waals surface area contributed by atoms with Crippen LogP contribution in [0.1, 0.15) is 31.2 Å². The Morgan fingerprint density at radius 2 is 1.95 bits per heavy atom. The average molecular weight is 280 g/mol. The maximum absolute atomic E-state index is 11.6. The van der Waals surface area contributed by atoms with Crippen molar-refractivity contribution >= 4 is 6.03 Å². The number of hydrogen-bond acceptors (Lipinski definition) is 3. The Morgan fingerprint density at radius 3 is 2.55 bits per heavy atom. The number of hydrogen-bond donors (Lipinski definition) is 4. The van der Waals surface area contributed by atoms with Crippen LogP contribution in [0, 0.1) is 0 Å². The summed E-state index contributed by atoms with van der Waals surface area (Å²) in [7, 11) is 0. The van der Waals surface area contributed by atoms with Gasteiger partial charge in [-0.25, -0.2) is 4.79 Å². The fourth-order valence-corrected chi connectivity index (χ4v) is 2.03. The van der Waals surface area contributed by atoms with Gasteiger partial charge in [0.15, 0.2) is 0 Å². The SMILES string of the molecule is CC(O)CC(CNC(=O)NCCCO)c1ccccc1. The first-order valence-electron chi connectivity index (χ1n) is 6.99. The molecule has 0 aromatic heterocycles. The lowest BCUT2D eigenvalue weighted by Crippen LogP contribution is -2.38. The number of carbonyl (C=O) groups is 1. The second-order valence-corrected chi connectivity index (χ2v) is 4.91. The van der Waals surface area contributed by atoms with Gasteiger partial charge in [-0.2, -0.15) is 0 Å². The van der Waals surface area contributed by atoms with Gasteiger partial charge < -0.3 is 20.8 Å². The van der Waals surface area contributed by atoms with Gasteiger partial charge in [-0.05, 0) is 25.3 Å². The number of rotatable bonds is 8. The number of aliphatic hydroxyl groups is 2. The summed E-state index contributed by atoms with van der Waals surface area (Å²) >= 11 is 0. The normalized spacial score (nSPS) is 13.6. The second-order valence-electron chi connectivity index (χ2n) is 4.91. The highest BCUT2D eigenvalue weighted by molar-refractivity contribution is 5.73. The summed E-state index contributed by atoms with van der Waals surface area (Å²) in [6, 6.07) is 9.59. The maximum atomic E-state index is 11.6. The van der Waals surface area contributed by atoms with Crippen LogP contribution in [0.5, 0.6) is 0 Å². The third-order valence-corrected chi connectivity index (χ3v) is 3.03. The van der Waals surface area contributed by atoms with Crippen LogP contribution < -0.4 is 10.6 Å². The van der Waals surface area contributed by atoms with Crippen LogP contribution in [-0.2, 0) is 0 Å². The molecule has 2 amide bonds. The molecule has 0 fully saturated rings. The average Bonchev–Trinajstić information content (AvgIpc) is 2.44. The largest absolute Gasteiger partial charge is 0.396 e. The van der Waals surface area contributed by atoms with Gasteiger partial charge in [0.05, 0.1) is 6.10 Å². The summed E-state index contributed by atoms with van der Waals surface area (Å²) in [6.45, 7) is 2.74. The third kappa shape index (κ3) is 6.54. The van der Waals surface area contributed by atoms with Crippen LogP contribution in [0.15, 0.2) is 30.3 Å². The van der Waals surface area contributed by atoms with Crippen molar-refractivity contribution in [1.82, 2.24) is 10.6 Å². The topological polar surface area (TPSA) is 81.6 Å². The smallest absolute Gasteiger partial charge is 0.314 e. The third-order valence-electron chi connectivity index (χ3n) is 3.03. The predicted molar refractivity (Wildman–Crippen MR) is 78.6 cm³/mol. The van der Waals surface area contributed by atoms with Gasteiger partial charge in [-0.15, -0.1) is 0 Å². The Labute approximate surface area is 120 Å². The highest BCUT2D eigenvalue weighted by Gasteiger charge is 2.15. The van der Waals surface area contributed by atoms with E-state index >= 15 is 0 Å². The van der Waals surface area contributed by atoms with E-state index < -0.39 is 6.10 Å². The molecular formula is C15H24N2O3. The summed E-state index contributed by atoms with van der Waals surface area (Å²) in [5.74, 6) is 0.0831. The highest BCUT2D eigenvalue weighted by Crippen LogP contribution is 2.20. The van der Waals surface area contributed by atoms with Crippen molar-refractivity contribution in [2.24, 2.45) is 0 Å². The Morgan fingerprint density at radius 1 is 1.25 bits per heavy atom. The lowest BCUT2D eigenvalue weighted by atomic mass is 9.93. The van der Waals surface area contributed by atoms with Gasteiger partial charge in [0, 0.05) is 25.6 Å². The quantitative estimate of drug-likeness (QED) is 0.540. The van der Waals surface area contributed by atoms with Crippen molar-refractivity contribution in [3.8, 4) is 0 Å². The van der Waals surface area contributed by atoms with Gasteiger partial charge in [0.2, 0.25) is 0 Å². The standard InChI is InChI=1S/C15H24N2O3/c1-12(19)10-14(13-6-3-2-4-7-13)11-17-15(20)16-8-5-9-18/h2-4,6-7,12,14,18-19H,5,8-11H2,1H3,(H2,16,17,20). The van der Waals surface area contributed by atoms with Crippen molar-refractivity contribution < 1.29 is 15.0 Å². The van der Waals surface area contributed by atoms with Gasteiger partial charge in [0.25, 0.3) is 0 Å². The van der Waals surface area contributed by atoms with E-state index in [2.05, 4.69) is 10.6 Å². The van der Waals surface area contributed by atoms with Crippen LogP contribution in [0.4, 0.5) is 4.79 Å². The number of amides is 2. The van der Waals surface area contributed by atoms with Crippen LogP contribution in [-0.4, -0.2) is 42.0 Å². The molecule has 5 heteroatoms. The molecule has 20 heavy (non-hydrogen) atoms. The van der Waals surface area contributed by atoms with Crippen LogP contribution in [0.3, 0.4) is 0 Å². The fourth-order valence-electron chi connectivity index (χ4n) is 2.03. The molecule has 0 saturated carbocycles. The first-order valence-corrected chi connectivity index (χ1v) is 6.99. The zero-order chi connectivity index (χ0) is 14.8. The molecule has 0 bridgehead atoms. The predicted octanol–water partition coefficient (Wildman–Crippen LogP) is 1.22. The zero-order valence-electron chi connectivity index (χ0n) is 11.9. The van der Waals surface area contributed by atoms with E-state index in [1.165, 1.54) is 0 Å². The van der Waals surface area contributed by atoms with Crippen LogP contribution >= 0.6 is 0 Å². The van der Waals surface area contributed by atoms with Crippen molar-refractivity contribution in [2.75, 3.05) is 19.7 Å². The van der Waals surface area contributed by atoms with Crippen molar-refractivity contribution in [1.29, 1.82) is 0 Å². The Kier molecular flexibility index (Phi) is 7.69. The lowest BCUT2D eigenvalue weighted by molar-refractivity contribution is 0.173. The molecule has 112 valence electrons. The Hall–Kier alpha value is -1.59. The van der Waals surface area contributed by atoms with E-state index in [4.69, 9.17) is 5.11 Å². The van der Waals surface area contributed by atoms with E-state index in [1.54, 1.807) is 6.92 Å². The van der Waals surface area contributed by atoms with Crippen molar-refractivity contribution in [3.63, 3.8) is 0 Å². The number of benzene rings is 1. The number of nitrogens with one attached hydrogen (secondary N) is 2. The van der Waals surface area contributed by atoms with E-state index in [-0.39, 0.29) is 18.6 Å². The summed E-state index contributed by atoms with van der Waals surface area (Å²) in [5, 5.41) is 23.7. The van der Waals surface area contributed by atoms with Gasteiger partial charge in [-0.1, -0.05) is 30.3 Å². The molecule has 2 atom stereocenters. The van der Waals surface area contributed by atoms with Crippen LogP contribution in [0.2, 0.25) is 0 Å². The lowest BCUT2D eigenvalue weighted by Gasteiger charge is -2.19. The highest BCUT2D eigenvalue weighted by atomic mass is 16.3. The molecule has 1 aromatic rings. The van der Waals surface area contributed by atoms with E-state index in [9.17, 15) is 9.90 Å². The summed E-state index contributed by atoms with van der Waals surface area (Å²) in [4.78, 5) is 11.6. The summed E-state index contributed by atoms with van der Waals surface area (Å²) < 4.78 is 0. The minimum absolute atomic E-state index is 0.0644. The minimum Gasteiger partial charge on any atom is -0.396 e. The molecule has 0 heterocycles. The van der Waals surface area contributed by atoms with Gasteiger partial charge >= 0.3 is 6.03 Å². The molecule has 0 saturated heterocycles. The number of aliphatic hydroxyl groups excluding tert-OH is 2. The first-order chi connectivity index (χ1) is 9.63. The zero-order valence-corrected chi connectivity index (χ0v) is 11.9. The summed E-state index contributed by atoms with van der Waals surface area (Å²) in [6.07, 6.45) is 0.726. The number of carbonyl (C=O) groups excluding carboxylic acids is 1.